The van der Waals surface area contributed by atoms with Crippen molar-refractivity contribution in [3.8, 4) is 0 Å². The minimum atomic E-state index is -0.694. The Hall–Kier alpha value is -8.18. The number of carbonyl (C=O) groups is 3. The lowest BCUT2D eigenvalue weighted by Gasteiger charge is -2.29. The number of aliphatic imine (C=N–C) groups is 1. The summed E-state index contributed by atoms with van der Waals surface area (Å²) in [4.78, 5) is 83.6. The normalized spacial score (nSPS) is 12.9. The lowest BCUT2D eigenvalue weighted by molar-refractivity contribution is -0.122. The van der Waals surface area contributed by atoms with E-state index in [0.717, 1.165) is 33.4 Å². The van der Waals surface area contributed by atoms with Gasteiger partial charge in [-0.05, 0) is 89.1 Å². The minimum absolute atomic E-state index is 0.0215. The van der Waals surface area contributed by atoms with Crippen molar-refractivity contribution in [1.82, 2.24) is 49.7 Å². The first kappa shape index (κ1) is 59.0. The van der Waals surface area contributed by atoms with Crippen LogP contribution in [-0.4, -0.2) is 111 Å². The maximum absolute atomic E-state index is 14.0. The third-order valence-electron chi connectivity index (χ3n) is 12.6. The van der Waals surface area contributed by atoms with Crippen LogP contribution in [0.25, 0.3) is 20.7 Å². The number of halogens is 2. The summed E-state index contributed by atoms with van der Waals surface area (Å²) in [5, 5.41) is 7.76. The second kappa shape index (κ2) is 26.4. The number of hydrogen-bond acceptors (Lipinski definition) is 19. The van der Waals surface area contributed by atoms with E-state index in [4.69, 9.17) is 30.2 Å². The molecule has 8 aromatic rings. The van der Waals surface area contributed by atoms with Crippen LogP contribution in [0.1, 0.15) is 87.9 Å². The zero-order valence-electron chi connectivity index (χ0n) is 46.6. The van der Waals surface area contributed by atoms with Gasteiger partial charge < -0.3 is 35.6 Å². The maximum atomic E-state index is 14.0. The molecule has 0 spiro atoms. The van der Waals surface area contributed by atoms with Crippen LogP contribution in [-0.2, 0) is 53.0 Å². The second-order valence-corrected chi connectivity index (χ2v) is 23.6. The van der Waals surface area contributed by atoms with Gasteiger partial charge in [-0.25, -0.2) is 48.3 Å². The first-order chi connectivity index (χ1) is 38.7. The van der Waals surface area contributed by atoms with Gasteiger partial charge >= 0.3 is 12.2 Å². The van der Waals surface area contributed by atoms with Gasteiger partial charge in [-0.3, -0.25) is 19.8 Å². The van der Waals surface area contributed by atoms with Gasteiger partial charge in [0, 0.05) is 87.5 Å². The number of fused-ring (bicyclic) bond motifs is 3. The van der Waals surface area contributed by atoms with E-state index in [1.165, 1.54) is 65.3 Å². The second-order valence-electron chi connectivity index (χ2n) is 21.4. The van der Waals surface area contributed by atoms with Gasteiger partial charge in [0.25, 0.3) is 0 Å². The Morgan fingerprint density at radius 3 is 1.68 bits per heavy atom. The molecule has 81 heavy (non-hydrogen) atoms. The van der Waals surface area contributed by atoms with Crippen LogP contribution in [0.15, 0.2) is 103 Å². The molecule has 0 aliphatic carbocycles. The summed E-state index contributed by atoms with van der Waals surface area (Å²) >= 11 is 2.82. The number of nitrogen functional groups attached to an aromatic ring is 1. The van der Waals surface area contributed by atoms with Gasteiger partial charge in [0.2, 0.25) is 0 Å². The lowest BCUT2D eigenvalue weighted by Crippen LogP contribution is -2.41. The average Bonchev–Trinajstić information content (AvgIpc) is 4.38. The van der Waals surface area contributed by atoms with Crippen LogP contribution in [0, 0.1) is 23.5 Å². The van der Waals surface area contributed by atoms with Crippen LogP contribution >= 0.6 is 22.7 Å². The average molecular weight is 1140 g/mol. The van der Waals surface area contributed by atoms with Gasteiger partial charge in [0.1, 0.15) is 62.0 Å². The number of rotatable bonds is 20. The highest BCUT2D eigenvalue weighted by atomic mass is 32.1. The fraction of sp³-hybridized carbons (Fsp3) is 0.379. The monoisotopic (exact) mass is 1140 g/mol. The number of amides is 2. The van der Waals surface area contributed by atoms with E-state index in [2.05, 4.69) is 53.5 Å². The number of Topliss-reactive ketones (excluding diaryl/α,β-unsaturated/α-hetero) is 1. The van der Waals surface area contributed by atoms with E-state index >= 15 is 0 Å². The van der Waals surface area contributed by atoms with Gasteiger partial charge in [-0.1, -0.05) is 72.9 Å². The molecular formula is C58H66F2N14O5S2. The molecule has 6 aromatic heterocycles. The molecule has 1 aliphatic heterocycles. The number of aromatic nitrogens is 8. The molecule has 424 valence electrons. The molecule has 7 heterocycles. The van der Waals surface area contributed by atoms with Crippen molar-refractivity contribution in [2.24, 2.45) is 16.8 Å². The highest BCUT2D eigenvalue weighted by Gasteiger charge is 2.29. The van der Waals surface area contributed by atoms with Crippen LogP contribution in [0.3, 0.4) is 0 Å². The number of hydrogen-bond donors (Lipinski definition) is 3. The molecule has 0 fully saturated rings. The maximum Gasteiger partial charge on any atom is 0.410 e. The van der Waals surface area contributed by atoms with E-state index < -0.39 is 29.0 Å². The van der Waals surface area contributed by atoms with Crippen LogP contribution < -0.4 is 16.4 Å². The van der Waals surface area contributed by atoms with Crippen molar-refractivity contribution < 1.29 is 32.6 Å². The van der Waals surface area contributed by atoms with E-state index in [1.807, 2.05) is 57.2 Å². The number of benzene rings is 2. The lowest BCUT2D eigenvalue weighted by atomic mass is 9.98. The standard InChI is InChI=1S/C29H34FN7O3S.C29H32FN7O2S/c1-18(23(38)14-19-8-5-6-10-21(19)31)16-37(28(39)40-29(2,3)4)13-11-24-36-25-26(34-17-35-27(25)41-24)33-15-22-20(30)9-7-12-32-22;1-18(22-14-19-8-5-6-10-21(19)35-22)16-37(28(38)39-29(2,3)4)13-11-24-36-25-26(33-17-34-27(25)40-24)32-15-23-20(30)9-7-12-31-23/h5-10,12,17-18H,11,13-16,31H2,1-4H3,(H,33,34,35);5-10,12,17-18H,11,13-16H2,1-4H3,(H,32,33,34)/t2*18-/m00/s1. The molecule has 0 bridgehead atoms. The molecule has 0 saturated heterocycles. The summed E-state index contributed by atoms with van der Waals surface area (Å²) in [6, 6.07) is 21.2. The summed E-state index contributed by atoms with van der Waals surface area (Å²) in [6.45, 7) is 16.6. The zero-order chi connectivity index (χ0) is 57.8. The molecule has 2 amide bonds. The smallest absolute Gasteiger partial charge is 0.410 e. The summed E-state index contributed by atoms with van der Waals surface area (Å²) in [5.74, 6) is -0.226. The number of ether oxygens (including phenoxy) is 2. The number of ketones is 1. The predicted octanol–water partition coefficient (Wildman–Crippen LogP) is 11.0. The fourth-order valence-electron chi connectivity index (χ4n) is 8.50. The van der Waals surface area contributed by atoms with E-state index in [9.17, 15) is 23.2 Å². The number of nitrogens with one attached hydrogen (secondary N) is 2. The number of anilines is 3. The third-order valence-corrected chi connectivity index (χ3v) is 14.7. The van der Waals surface area contributed by atoms with Crippen molar-refractivity contribution in [1.29, 1.82) is 0 Å². The zero-order valence-corrected chi connectivity index (χ0v) is 48.2. The number of para-hydroxylation sites is 2. The van der Waals surface area contributed by atoms with E-state index in [1.54, 1.807) is 55.8 Å². The first-order valence-corrected chi connectivity index (χ1v) is 28.1. The molecule has 0 unspecified atom stereocenters. The summed E-state index contributed by atoms with van der Waals surface area (Å²) in [7, 11) is 0. The highest BCUT2D eigenvalue weighted by Crippen LogP contribution is 2.31. The van der Waals surface area contributed by atoms with E-state index in [0.29, 0.717) is 69.6 Å². The topological polar surface area (TPSA) is 242 Å². The third kappa shape index (κ3) is 16.5. The van der Waals surface area contributed by atoms with Crippen molar-refractivity contribution in [3.05, 3.63) is 142 Å². The molecule has 2 aromatic carbocycles. The van der Waals surface area contributed by atoms with Gasteiger partial charge in [0.05, 0.1) is 40.2 Å². The van der Waals surface area contributed by atoms with Crippen LogP contribution in [0.5, 0.6) is 0 Å². The van der Waals surface area contributed by atoms with Crippen LogP contribution in [0.4, 0.5) is 41.4 Å². The summed E-state index contributed by atoms with van der Waals surface area (Å²) in [5.41, 5.74) is 11.0. The van der Waals surface area contributed by atoms with E-state index in [-0.39, 0.29) is 61.9 Å². The van der Waals surface area contributed by atoms with Crippen molar-refractivity contribution in [3.63, 3.8) is 0 Å². The molecule has 2 atom stereocenters. The summed E-state index contributed by atoms with van der Waals surface area (Å²) in [6.07, 6.45) is 6.99. The summed E-state index contributed by atoms with van der Waals surface area (Å²) < 4.78 is 39.4. The Kier molecular flexibility index (Phi) is 19.2. The van der Waals surface area contributed by atoms with Gasteiger partial charge in [-0.15, -0.1) is 0 Å². The Morgan fingerprint density at radius 2 is 1.17 bits per heavy atom. The number of carbonyl (C=O) groups excluding carboxylic acids is 3. The Balaban J connectivity index is 0.000000212. The largest absolute Gasteiger partial charge is 0.444 e. The first-order valence-electron chi connectivity index (χ1n) is 26.5. The molecular weight excluding hydrogens is 1070 g/mol. The number of nitrogens with zero attached hydrogens (tertiary/aromatic N) is 11. The number of nitrogens with two attached hydrogens (primary N) is 1. The molecule has 1 aliphatic rings. The van der Waals surface area contributed by atoms with Crippen LogP contribution in [0.2, 0.25) is 0 Å². The molecule has 9 rings (SSSR count). The fourth-order valence-corrected chi connectivity index (χ4v) is 10.3. The van der Waals surface area contributed by atoms with Crippen molar-refractivity contribution in [2.45, 2.75) is 105 Å². The Morgan fingerprint density at radius 1 is 0.667 bits per heavy atom. The van der Waals surface area contributed by atoms with Gasteiger partial charge in [0.15, 0.2) is 11.6 Å². The minimum Gasteiger partial charge on any atom is -0.444 e. The highest BCUT2D eigenvalue weighted by molar-refractivity contribution is 7.18. The SMILES string of the molecule is C[C@@H](CN(CCc1nc2c(NCc3ncccc3F)ncnc2s1)C(=O)OC(C)(C)C)C(=O)Cc1ccccc1N.C[C@@H](CN(CCc1nc2c(NCc3ncccc3F)ncnc2s1)C(=O)OC(C)(C)C)C1=Nc2ccccc2C1. The van der Waals surface area contributed by atoms with Crippen molar-refractivity contribution >= 4 is 90.1 Å². The number of thiazole rings is 2. The molecule has 19 nitrogen and oxygen atoms in total. The Labute approximate surface area is 477 Å². The molecule has 0 radical (unpaired) electrons. The predicted molar refractivity (Wildman–Crippen MR) is 312 cm³/mol. The van der Waals surface area contributed by atoms with Crippen molar-refractivity contribution in [2.75, 3.05) is 42.5 Å². The number of pyridine rings is 2. The Bertz CT molecular complexity index is 3530. The molecule has 4 N–H and O–H groups in total. The van der Waals surface area contributed by atoms with Gasteiger partial charge in [-0.2, -0.15) is 0 Å². The quantitative estimate of drug-likeness (QED) is 0.0601. The molecule has 23 heteroatoms. The molecule has 0 saturated carbocycles.